The lowest BCUT2D eigenvalue weighted by Crippen LogP contribution is -1.88. The lowest BCUT2D eigenvalue weighted by atomic mass is 10.1. The van der Waals surface area contributed by atoms with Crippen LogP contribution in [0.2, 0.25) is 0 Å². The van der Waals surface area contributed by atoms with Crippen LogP contribution in [0.1, 0.15) is 40.2 Å². The van der Waals surface area contributed by atoms with E-state index in [-0.39, 0.29) is 0 Å². The van der Waals surface area contributed by atoms with E-state index in [1.54, 1.807) is 0 Å². The lowest BCUT2D eigenvalue weighted by Gasteiger charge is -2.00. The molecular weight excluding hydrogens is 194 g/mol. The first-order valence-corrected chi connectivity index (χ1v) is 5.98. The van der Waals surface area contributed by atoms with Crippen LogP contribution in [-0.2, 0) is 0 Å². The number of rotatable bonds is 3. The minimum Gasteiger partial charge on any atom is -0.290 e. The molecule has 0 spiro atoms. The van der Waals surface area contributed by atoms with Crippen molar-refractivity contribution in [2.75, 3.05) is 6.54 Å². The van der Waals surface area contributed by atoms with E-state index in [1.807, 2.05) is 26.8 Å². The fourth-order valence-corrected chi connectivity index (χ4v) is 1.39. The van der Waals surface area contributed by atoms with Crippen LogP contribution in [0.4, 0.5) is 0 Å². The molecule has 88 valence electrons. The maximum absolute atomic E-state index is 4.33. The van der Waals surface area contributed by atoms with E-state index in [1.165, 1.54) is 11.1 Å². The van der Waals surface area contributed by atoms with Gasteiger partial charge in [-0.25, -0.2) is 0 Å². The second kappa shape index (κ2) is 8.90. The topological polar surface area (TPSA) is 12.4 Å². The number of benzene rings is 1. The average Bonchev–Trinajstić information content (AvgIpc) is 2.33. The molecule has 0 saturated heterocycles. The van der Waals surface area contributed by atoms with Crippen molar-refractivity contribution in [3.8, 4) is 0 Å². The van der Waals surface area contributed by atoms with Gasteiger partial charge in [0.15, 0.2) is 0 Å². The zero-order chi connectivity index (χ0) is 12.4. The van der Waals surface area contributed by atoms with E-state index in [0.717, 1.165) is 12.3 Å². The Labute approximate surface area is 99.9 Å². The molecule has 16 heavy (non-hydrogen) atoms. The fraction of sp³-hybridized carbons (Fsp3) is 0.400. The van der Waals surface area contributed by atoms with Gasteiger partial charge in [0.05, 0.1) is 0 Å². The molecule has 0 bridgehead atoms. The summed E-state index contributed by atoms with van der Waals surface area (Å²) in [6.45, 7) is 11.1. The fourth-order valence-electron chi connectivity index (χ4n) is 1.39. The average molecular weight is 217 g/mol. The molecule has 1 heteroatoms. The van der Waals surface area contributed by atoms with Crippen LogP contribution in [0.25, 0.3) is 5.57 Å². The normalized spacial score (nSPS) is 11.8. The summed E-state index contributed by atoms with van der Waals surface area (Å²) in [6.07, 6.45) is 2.12. The second-order valence-corrected chi connectivity index (χ2v) is 3.31. The van der Waals surface area contributed by atoms with Gasteiger partial charge in [-0.2, -0.15) is 0 Å². The van der Waals surface area contributed by atoms with Crippen LogP contribution < -0.4 is 0 Å². The summed E-state index contributed by atoms with van der Waals surface area (Å²) in [4.78, 5) is 4.33. The van der Waals surface area contributed by atoms with Gasteiger partial charge in [-0.1, -0.05) is 44.2 Å². The van der Waals surface area contributed by atoms with Gasteiger partial charge in [-0.15, -0.1) is 0 Å². The van der Waals surface area contributed by atoms with Crippen molar-refractivity contribution in [2.45, 2.75) is 34.6 Å². The lowest BCUT2D eigenvalue weighted by molar-refractivity contribution is 1.13. The highest BCUT2D eigenvalue weighted by Gasteiger charge is 1.93. The van der Waals surface area contributed by atoms with E-state index in [2.05, 4.69) is 49.2 Å². The number of nitrogens with zero attached hydrogens (tertiary/aromatic N) is 1. The summed E-state index contributed by atoms with van der Waals surface area (Å²) < 4.78 is 0. The van der Waals surface area contributed by atoms with E-state index in [4.69, 9.17) is 0 Å². The smallest absolute Gasteiger partial charge is 0.0364 e. The molecule has 0 amide bonds. The molecule has 0 unspecified atom stereocenters. The number of allylic oxidation sites excluding steroid dienone is 2. The summed E-state index contributed by atoms with van der Waals surface area (Å²) in [6, 6.07) is 10.4. The summed E-state index contributed by atoms with van der Waals surface area (Å²) in [5.74, 6) is 0. The van der Waals surface area contributed by atoms with Gasteiger partial charge < -0.3 is 0 Å². The molecule has 1 rings (SSSR count). The third kappa shape index (κ3) is 5.50. The molecule has 0 saturated carbocycles. The van der Waals surface area contributed by atoms with E-state index in [0.29, 0.717) is 0 Å². The van der Waals surface area contributed by atoms with Gasteiger partial charge in [-0.3, -0.25) is 4.99 Å². The summed E-state index contributed by atoms with van der Waals surface area (Å²) in [5, 5.41) is 0. The third-order valence-corrected chi connectivity index (χ3v) is 2.06. The number of aliphatic imine (C=N–C) groups is 1. The first kappa shape index (κ1) is 14.6. The Balaban J connectivity index is 0.00000106. The standard InChI is InChI=1S/C13H17N.C2H6/c1-4-14-12(3)10-11(2)13-8-6-5-7-9-13;1-2/h5-10H,4H2,1-3H3;1-2H3/b11-10+,14-12?;. The van der Waals surface area contributed by atoms with Crippen molar-refractivity contribution in [3.05, 3.63) is 42.0 Å². The van der Waals surface area contributed by atoms with Crippen molar-refractivity contribution in [1.82, 2.24) is 0 Å². The quantitative estimate of drug-likeness (QED) is 0.656. The minimum atomic E-state index is 0.852. The summed E-state index contributed by atoms with van der Waals surface area (Å²) in [5.41, 5.74) is 3.62. The zero-order valence-electron chi connectivity index (χ0n) is 11.1. The van der Waals surface area contributed by atoms with E-state index in [9.17, 15) is 0 Å². The highest BCUT2D eigenvalue weighted by atomic mass is 14.7. The molecule has 0 atom stereocenters. The SMILES string of the molecule is CC.CCN=C(C)/C=C(\C)c1ccccc1. The molecule has 0 aliphatic carbocycles. The monoisotopic (exact) mass is 217 g/mol. The maximum atomic E-state index is 4.33. The van der Waals surface area contributed by atoms with Gasteiger partial charge in [0.2, 0.25) is 0 Å². The van der Waals surface area contributed by atoms with Crippen molar-refractivity contribution in [1.29, 1.82) is 0 Å². The molecule has 1 nitrogen and oxygen atoms in total. The Bertz CT molecular complexity index is 334. The second-order valence-electron chi connectivity index (χ2n) is 3.31. The van der Waals surface area contributed by atoms with Crippen LogP contribution in [-0.4, -0.2) is 12.3 Å². The number of hydrogen-bond donors (Lipinski definition) is 0. The van der Waals surface area contributed by atoms with Crippen LogP contribution in [0.3, 0.4) is 0 Å². The third-order valence-electron chi connectivity index (χ3n) is 2.06. The predicted octanol–water partition coefficient (Wildman–Crippen LogP) is 4.60. The van der Waals surface area contributed by atoms with Crippen LogP contribution in [0, 0.1) is 0 Å². The van der Waals surface area contributed by atoms with Crippen LogP contribution in [0.15, 0.2) is 41.4 Å². The van der Waals surface area contributed by atoms with E-state index < -0.39 is 0 Å². The molecule has 0 heterocycles. The molecule has 0 fully saturated rings. The van der Waals surface area contributed by atoms with Gasteiger partial charge in [0, 0.05) is 12.3 Å². The van der Waals surface area contributed by atoms with Crippen molar-refractivity contribution in [3.63, 3.8) is 0 Å². The van der Waals surface area contributed by atoms with Gasteiger partial charge in [0.1, 0.15) is 0 Å². The molecular formula is C15H23N. The highest BCUT2D eigenvalue weighted by molar-refractivity contribution is 5.98. The summed E-state index contributed by atoms with van der Waals surface area (Å²) in [7, 11) is 0. The molecule has 1 aromatic carbocycles. The van der Waals surface area contributed by atoms with Crippen molar-refractivity contribution >= 4 is 11.3 Å². The Morgan fingerprint density at radius 3 is 2.19 bits per heavy atom. The van der Waals surface area contributed by atoms with Crippen LogP contribution in [0.5, 0.6) is 0 Å². The first-order chi connectivity index (χ1) is 7.74. The Morgan fingerprint density at radius 2 is 1.69 bits per heavy atom. The first-order valence-electron chi connectivity index (χ1n) is 5.98. The molecule has 0 aliphatic rings. The Morgan fingerprint density at radius 1 is 1.12 bits per heavy atom. The largest absolute Gasteiger partial charge is 0.290 e. The van der Waals surface area contributed by atoms with Crippen molar-refractivity contribution < 1.29 is 0 Å². The molecule has 1 aromatic rings. The minimum absolute atomic E-state index is 0.852. The van der Waals surface area contributed by atoms with Crippen molar-refractivity contribution in [2.24, 2.45) is 4.99 Å². The van der Waals surface area contributed by atoms with E-state index >= 15 is 0 Å². The van der Waals surface area contributed by atoms with Crippen LogP contribution >= 0.6 is 0 Å². The Hall–Kier alpha value is -1.37. The zero-order valence-corrected chi connectivity index (χ0v) is 11.1. The number of hydrogen-bond acceptors (Lipinski definition) is 1. The highest BCUT2D eigenvalue weighted by Crippen LogP contribution is 2.12. The Kier molecular flexibility index (Phi) is 8.14. The molecule has 0 radical (unpaired) electrons. The van der Waals surface area contributed by atoms with Gasteiger partial charge >= 0.3 is 0 Å². The molecule has 0 aliphatic heterocycles. The van der Waals surface area contributed by atoms with Gasteiger partial charge in [-0.05, 0) is 38.0 Å². The molecule has 0 aromatic heterocycles. The predicted molar refractivity (Wildman–Crippen MR) is 75.1 cm³/mol. The maximum Gasteiger partial charge on any atom is 0.0364 e. The summed E-state index contributed by atoms with van der Waals surface area (Å²) >= 11 is 0. The molecule has 0 N–H and O–H groups in total. The van der Waals surface area contributed by atoms with Gasteiger partial charge in [0.25, 0.3) is 0 Å².